The van der Waals surface area contributed by atoms with Gasteiger partial charge < -0.3 is 4.74 Å². The SMILES string of the molecule is CCCCCc1ccc(OC(=O)c2ccc(C=CCCC3CCC(C4CCC(CC)CC4)CC3)cc2)cc1. The molecule has 2 aromatic rings. The molecule has 0 radical (unpaired) electrons. The normalized spacial score (nSPS) is 23.9. The summed E-state index contributed by atoms with van der Waals surface area (Å²) in [4.78, 5) is 12.6. The molecule has 206 valence electrons. The van der Waals surface area contributed by atoms with E-state index in [1.54, 1.807) is 0 Å². The third-order valence-corrected chi connectivity index (χ3v) is 9.43. The van der Waals surface area contributed by atoms with Crippen molar-refractivity contribution in [1.82, 2.24) is 0 Å². The summed E-state index contributed by atoms with van der Waals surface area (Å²) in [6, 6.07) is 15.7. The number of aryl methyl sites for hydroxylation is 1. The van der Waals surface area contributed by atoms with Crippen LogP contribution < -0.4 is 4.74 Å². The van der Waals surface area contributed by atoms with E-state index in [0.29, 0.717) is 11.3 Å². The van der Waals surface area contributed by atoms with Crippen LogP contribution in [0.1, 0.15) is 125 Å². The Hall–Kier alpha value is -2.35. The highest BCUT2D eigenvalue weighted by atomic mass is 16.5. The van der Waals surface area contributed by atoms with Gasteiger partial charge in [0.05, 0.1) is 5.56 Å². The summed E-state index contributed by atoms with van der Waals surface area (Å²) in [5, 5.41) is 0. The van der Waals surface area contributed by atoms with Crippen LogP contribution in [0.15, 0.2) is 54.6 Å². The highest BCUT2D eigenvalue weighted by Gasteiger charge is 2.30. The fourth-order valence-electron chi connectivity index (χ4n) is 6.77. The Bertz CT molecular complexity index is 971. The fraction of sp³-hybridized carbons (Fsp3) is 0.583. The maximum atomic E-state index is 12.6. The van der Waals surface area contributed by atoms with Crippen LogP contribution in [0.4, 0.5) is 0 Å². The Morgan fingerprint density at radius 2 is 1.42 bits per heavy atom. The van der Waals surface area contributed by atoms with Gasteiger partial charge in [0.25, 0.3) is 0 Å². The first-order valence-corrected chi connectivity index (χ1v) is 15.7. The average Bonchev–Trinajstić information content (AvgIpc) is 2.97. The molecule has 2 nitrogen and oxygen atoms in total. The van der Waals surface area contributed by atoms with Crippen molar-refractivity contribution in [3.63, 3.8) is 0 Å². The molecule has 0 aromatic heterocycles. The van der Waals surface area contributed by atoms with Gasteiger partial charge >= 0.3 is 5.97 Å². The van der Waals surface area contributed by atoms with Gasteiger partial charge in [0.15, 0.2) is 0 Å². The van der Waals surface area contributed by atoms with E-state index in [1.165, 1.54) is 89.0 Å². The Morgan fingerprint density at radius 3 is 2.03 bits per heavy atom. The van der Waals surface area contributed by atoms with Crippen LogP contribution in [0.2, 0.25) is 0 Å². The largest absolute Gasteiger partial charge is 0.423 e. The molecular weight excluding hydrogens is 464 g/mol. The zero-order valence-electron chi connectivity index (χ0n) is 24.0. The molecule has 0 bridgehead atoms. The lowest BCUT2D eigenvalue weighted by atomic mass is 9.68. The summed E-state index contributed by atoms with van der Waals surface area (Å²) in [5.74, 6) is 4.27. The van der Waals surface area contributed by atoms with Crippen LogP contribution >= 0.6 is 0 Å². The third kappa shape index (κ3) is 8.85. The molecule has 0 aliphatic heterocycles. The molecular formula is C36H50O2. The summed E-state index contributed by atoms with van der Waals surface area (Å²) < 4.78 is 5.59. The minimum atomic E-state index is -0.298. The zero-order chi connectivity index (χ0) is 26.6. The number of hydrogen-bond acceptors (Lipinski definition) is 2. The van der Waals surface area contributed by atoms with Gasteiger partial charge in [-0.3, -0.25) is 0 Å². The number of carbonyl (C=O) groups excluding carboxylic acids is 1. The maximum absolute atomic E-state index is 12.6. The van der Waals surface area contributed by atoms with Gasteiger partial charge in [-0.05, 0) is 110 Å². The van der Waals surface area contributed by atoms with Crippen LogP contribution in [0.25, 0.3) is 6.08 Å². The van der Waals surface area contributed by atoms with Gasteiger partial charge in [-0.25, -0.2) is 4.79 Å². The van der Waals surface area contributed by atoms with E-state index in [4.69, 9.17) is 4.74 Å². The first-order chi connectivity index (χ1) is 18.6. The van der Waals surface area contributed by atoms with Crippen molar-refractivity contribution in [2.24, 2.45) is 23.7 Å². The first-order valence-electron chi connectivity index (χ1n) is 15.7. The van der Waals surface area contributed by atoms with Crippen molar-refractivity contribution in [2.75, 3.05) is 0 Å². The van der Waals surface area contributed by atoms with Gasteiger partial charge in [0, 0.05) is 0 Å². The highest BCUT2D eigenvalue weighted by molar-refractivity contribution is 5.91. The standard InChI is InChI=1S/C36H50O2/c1-3-5-6-9-31-18-26-35(27-19-31)38-36(37)34-24-16-30(17-25-34)11-8-7-10-29-14-22-33(23-15-29)32-20-12-28(4-2)13-21-32/h8,11,16-19,24-29,32-33H,3-7,9-10,12-15,20-23H2,1-2H3. The number of ether oxygens (including phenoxy) is 1. The molecule has 2 aromatic carbocycles. The van der Waals surface area contributed by atoms with E-state index >= 15 is 0 Å². The van der Waals surface area contributed by atoms with E-state index in [0.717, 1.165) is 42.1 Å². The number of hydrogen-bond donors (Lipinski definition) is 0. The molecule has 0 atom stereocenters. The van der Waals surface area contributed by atoms with Gasteiger partial charge in [0.1, 0.15) is 5.75 Å². The average molecular weight is 515 g/mol. The number of carbonyl (C=O) groups is 1. The van der Waals surface area contributed by atoms with E-state index in [1.807, 2.05) is 36.4 Å². The smallest absolute Gasteiger partial charge is 0.343 e. The second-order valence-electron chi connectivity index (χ2n) is 12.1. The van der Waals surface area contributed by atoms with Crippen LogP contribution in [0.5, 0.6) is 5.75 Å². The summed E-state index contributed by atoms with van der Waals surface area (Å²) in [6.45, 7) is 4.59. The second-order valence-corrected chi connectivity index (χ2v) is 12.1. The molecule has 0 amide bonds. The molecule has 2 saturated carbocycles. The monoisotopic (exact) mass is 514 g/mol. The number of unbranched alkanes of at least 4 members (excludes halogenated alkanes) is 2. The molecule has 0 heterocycles. The minimum absolute atomic E-state index is 0.298. The zero-order valence-corrected chi connectivity index (χ0v) is 24.0. The molecule has 0 spiro atoms. The van der Waals surface area contributed by atoms with E-state index in [9.17, 15) is 4.79 Å². The van der Waals surface area contributed by atoms with Crippen LogP contribution in [-0.4, -0.2) is 5.97 Å². The fourth-order valence-corrected chi connectivity index (χ4v) is 6.77. The van der Waals surface area contributed by atoms with Crippen LogP contribution in [0.3, 0.4) is 0 Å². The lowest BCUT2D eigenvalue weighted by molar-refractivity contribution is 0.0734. The Morgan fingerprint density at radius 1 is 0.789 bits per heavy atom. The summed E-state index contributed by atoms with van der Waals surface area (Å²) in [5.41, 5.74) is 3.03. The quantitative estimate of drug-likeness (QED) is 0.160. The predicted molar refractivity (Wildman–Crippen MR) is 161 cm³/mol. The van der Waals surface area contributed by atoms with Crippen molar-refractivity contribution in [1.29, 1.82) is 0 Å². The molecule has 2 heteroatoms. The lowest BCUT2D eigenvalue weighted by Crippen LogP contribution is -2.25. The summed E-state index contributed by atoms with van der Waals surface area (Å²) >= 11 is 0. The molecule has 0 N–H and O–H groups in total. The topological polar surface area (TPSA) is 26.3 Å². The van der Waals surface area contributed by atoms with Crippen LogP contribution in [0, 0.1) is 23.7 Å². The van der Waals surface area contributed by atoms with E-state index < -0.39 is 0 Å². The van der Waals surface area contributed by atoms with E-state index in [-0.39, 0.29) is 5.97 Å². The molecule has 0 unspecified atom stereocenters. The van der Waals surface area contributed by atoms with Crippen molar-refractivity contribution in [2.45, 2.75) is 110 Å². The second kappa shape index (κ2) is 15.3. The number of allylic oxidation sites excluding steroid dienone is 1. The molecule has 2 fully saturated rings. The Labute approximate surface area is 232 Å². The number of rotatable bonds is 12. The van der Waals surface area contributed by atoms with Crippen molar-refractivity contribution in [3.05, 3.63) is 71.3 Å². The molecule has 4 rings (SSSR count). The summed E-state index contributed by atoms with van der Waals surface area (Å²) in [6.07, 6.45) is 24.9. The summed E-state index contributed by atoms with van der Waals surface area (Å²) in [7, 11) is 0. The van der Waals surface area contributed by atoms with Crippen LogP contribution in [-0.2, 0) is 6.42 Å². The molecule has 38 heavy (non-hydrogen) atoms. The van der Waals surface area contributed by atoms with Crippen molar-refractivity contribution < 1.29 is 9.53 Å². The minimum Gasteiger partial charge on any atom is -0.423 e. The number of benzene rings is 2. The van der Waals surface area contributed by atoms with Gasteiger partial charge in [-0.1, -0.05) is 95.2 Å². The molecule has 0 saturated heterocycles. The van der Waals surface area contributed by atoms with Gasteiger partial charge in [-0.15, -0.1) is 0 Å². The first kappa shape index (κ1) is 28.7. The van der Waals surface area contributed by atoms with Gasteiger partial charge in [0.2, 0.25) is 0 Å². The highest BCUT2D eigenvalue weighted by Crippen LogP contribution is 2.42. The molecule has 2 aliphatic rings. The maximum Gasteiger partial charge on any atom is 0.343 e. The molecule has 2 aliphatic carbocycles. The van der Waals surface area contributed by atoms with Crippen molar-refractivity contribution >= 4 is 12.0 Å². The lowest BCUT2D eigenvalue weighted by Gasteiger charge is -2.37. The Balaban J connectivity index is 1.14. The Kier molecular flexibility index (Phi) is 11.5. The van der Waals surface area contributed by atoms with Gasteiger partial charge in [-0.2, -0.15) is 0 Å². The third-order valence-electron chi connectivity index (χ3n) is 9.43. The number of esters is 1. The van der Waals surface area contributed by atoms with E-state index in [2.05, 4.69) is 38.1 Å². The predicted octanol–water partition coefficient (Wildman–Crippen LogP) is 10.5. The van der Waals surface area contributed by atoms with Crippen molar-refractivity contribution in [3.8, 4) is 5.75 Å².